The number of likely N-dealkylation sites (N-methyl/N-ethyl adjacent to an activating group) is 1. The molecule has 0 unspecified atom stereocenters. The topological polar surface area (TPSA) is 70.6 Å². The molecule has 0 atom stereocenters. The Morgan fingerprint density at radius 3 is 2.44 bits per heavy atom. The molecule has 3 rings (SSSR count). The first-order chi connectivity index (χ1) is 15.2. The van der Waals surface area contributed by atoms with E-state index in [-0.39, 0.29) is 23.0 Å². The van der Waals surface area contributed by atoms with Gasteiger partial charge in [0.25, 0.3) is 0 Å². The second-order valence-electron chi connectivity index (χ2n) is 7.20. The zero-order valence-corrected chi connectivity index (χ0v) is 21.1. The molecule has 0 N–H and O–H groups in total. The Balaban J connectivity index is 1.81. The van der Waals surface area contributed by atoms with Gasteiger partial charge in [-0.05, 0) is 55.6 Å². The van der Waals surface area contributed by atoms with E-state index in [1.807, 2.05) is 18.2 Å². The predicted molar refractivity (Wildman–Crippen MR) is 131 cm³/mol. The summed E-state index contributed by atoms with van der Waals surface area (Å²) in [5.74, 6) is -1.17. The van der Waals surface area contributed by atoms with Crippen molar-refractivity contribution < 1.29 is 17.6 Å². The molecule has 1 heterocycles. The van der Waals surface area contributed by atoms with Crippen molar-refractivity contribution in [3.8, 4) is 0 Å². The van der Waals surface area contributed by atoms with Crippen molar-refractivity contribution in [2.75, 3.05) is 36.8 Å². The number of hydrogen-bond donors (Lipinski definition) is 0. The summed E-state index contributed by atoms with van der Waals surface area (Å²) in [7, 11) is -3.71. The van der Waals surface area contributed by atoms with Crippen LogP contribution in [0.4, 0.5) is 9.52 Å². The average molecular weight is 542 g/mol. The minimum absolute atomic E-state index is 0.00577. The number of amides is 1. The first-order valence-corrected chi connectivity index (χ1v) is 13.6. The fourth-order valence-electron chi connectivity index (χ4n) is 3.23. The first-order valence-electron chi connectivity index (χ1n) is 10.3. The van der Waals surface area contributed by atoms with Crippen LogP contribution in [0.2, 0.25) is 0 Å². The highest BCUT2D eigenvalue weighted by Gasteiger charge is 2.23. The smallest absolute Gasteiger partial charge is 0.229 e. The zero-order valence-electron chi connectivity index (χ0n) is 17.9. The summed E-state index contributed by atoms with van der Waals surface area (Å²) < 4.78 is 40.2. The number of carbonyl (C=O) groups excluding carboxylic acids is 1. The van der Waals surface area contributed by atoms with E-state index in [1.54, 1.807) is 4.90 Å². The number of aromatic nitrogens is 1. The molecule has 0 radical (unpaired) electrons. The fourth-order valence-corrected chi connectivity index (χ4v) is 6.02. The highest BCUT2D eigenvalue weighted by Crippen LogP contribution is 2.31. The Labute approximate surface area is 200 Å². The van der Waals surface area contributed by atoms with Crippen molar-refractivity contribution in [2.45, 2.75) is 25.2 Å². The zero-order chi connectivity index (χ0) is 23.3. The summed E-state index contributed by atoms with van der Waals surface area (Å²) in [4.78, 5) is 21.5. The van der Waals surface area contributed by atoms with Crippen molar-refractivity contribution in [1.82, 2.24) is 9.88 Å². The highest BCUT2D eigenvalue weighted by atomic mass is 79.9. The lowest BCUT2D eigenvalue weighted by Crippen LogP contribution is -2.39. The van der Waals surface area contributed by atoms with E-state index >= 15 is 0 Å². The van der Waals surface area contributed by atoms with Gasteiger partial charge in [0.2, 0.25) is 5.91 Å². The Morgan fingerprint density at radius 1 is 1.09 bits per heavy atom. The van der Waals surface area contributed by atoms with Gasteiger partial charge in [-0.15, -0.1) is 0 Å². The van der Waals surface area contributed by atoms with Crippen LogP contribution >= 0.6 is 27.3 Å². The SMILES string of the molecule is CCN(CC)CCN(C(=O)CCS(=O)(=O)c1ccc(F)cc1)c1nc2ccc(Br)cc2s1. The molecule has 0 bridgehead atoms. The molecule has 172 valence electrons. The average Bonchev–Trinajstić information content (AvgIpc) is 3.18. The number of nitrogens with zero attached hydrogens (tertiary/aromatic N) is 3. The quantitative estimate of drug-likeness (QED) is 0.347. The van der Waals surface area contributed by atoms with Crippen molar-refractivity contribution in [2.24, 2.45) is 0 Å². The van der Waals surface area contributed by atoms with Gasteiger partial charge in [0.05, 0.1) is 20.9 Å². The lowest BCUT2D eigenvalue weighted by Gasteiger charge is -2.24. The number of halogens is 2. The molecule has 0 saturated carbocycles. The second kappa shape index (κ2) is 10.8. The maximum absolute atomic E-state index is 13.1. The van der Waals surface area contributed by atoms with Crippen molar-refractivity contribution in [3.63, 3.8) is 0 Å². The molecule has 6 nitrogen and oxygen atoms in total. The summed E-state index contributed by atoms with van der Waals surface area (Å²) in [5, 5.41) is 0.550. The minimum atomic E-state index is -3.71. The van der Waals surface area contributed by atoms with Crippen LogP contribution in [0.1, 0.15) is 20.3 Å². The summed E-state index contributed by atoms with van der Waals surface area (Å²) in [6, 6.07) is 10.4. The molecule has 3 aromatic rings. The number of hydrogen-bond acceptors (Lipinski definition) is 6. The number of anilines is 1. The molecule has 1 aromatic heterocycles. The van der Waals surface area contributed by atoms with Crippen LogP contribution in [-0.4, -0.2) is 56.1 Å². The Hall–Kier alpha value is -1.88. The Morgan fingerprint density at radius 2 is 1.78 bits per heavy atom. The molecule has 10 heteroatoms. The number of thiazole rings is 1. The molecule has 0 aliphatic rings. The van der Waals surface area contributed by atoms with Gasteiger partial charge >= 0.3 is 0 Å². The van der Waals surface area contributed by atoms with Gasteiger partial charge in [0, 0.05) is 24.0 Å². The third kappa shape index (κ3) is 6.12. The summed E-state index contributed by atoms with van der Waals surface area (Å²) in [5.41, 5.74) is 0.785. The highest BCUT2D eigenvalue weighted by molar-refractivity contribution is 9.10. The number of sulfone groups is 1. The molecular formula is C22H25BrFN3O3S2. The standard InChI is InChI=1S/C22H25BrFN3O3S2/c1-3-26(4-2)12-13-27(22-25-19-10-5-16(23)15-20(19)31-22)21(28)11-14-32(29,30)18-8-6-17(24)7-9-18/h5-10,15H,3-4,11-14H2,1-2H3. The van der Waals surface area contributed by atoms with E-state index in [2.05, 4.69) is 39.7 Å². The van der Waals surface area contributed by atoms with Gasteiger partial charge in [-0.1, -0.05) is 41.1 Å². The van der Waals surface area contributed by atoms with Crippen molar-refractivity contribution in [1.29, 1.82) is 0 Å². The molecule has 0 saturated heterocycles. The van der Waals surface area contributed by atoms with Crippen LogP contribution in [0.25, 0.3) is 10.2 Å². The molecule has 32 heavy (non-hydrogen) atoms. The molecule has 1 amide bonds. The maximum Gasteiger partial charge on any atom is 0.229 e. The lowest BCUT2D eigenvalue weighted by atomic mass is 10.3. The third-order valence-electron chi connectivity index (χ3n) is 5.16. The summed E-state index contributed by atoms with van der Waals surface area (Å²) in [6.07, 6.45) is -0.183. The summed E-state index contributed by atoms with van der Waals surface area (Å²) in [6.45, 7) is 6.88. The van der Waals surface area contributed by atoms with Crippen LogP contribution < -0.4 is 4.90 Å². The van der Waals surface area contributed by atoms with Crippen LogP contribution in [0.15, 0.2) is 51.8 Å². The van der Waals surface area contributed by atoms with Crippen molar-refractivity contribution in [3.05, 3.63) is 52.8 Å². The number of rotatable bonds is 10. The van der Waals surface area contributed by atoms with Gasteiger partial charge in [0.1, 0.15) is 5.82 Å². The van der Waals surface area contributed by atoms with Gasteiger partial charge in [-0.3, -0.25) is 9.69 Å². The van der Waals surface area contributed by atoms with E-state index in [4.69, 9.17) is 0 Å². The van der Waals surface area contributed by atoms with E-state index in [0.717, 1.165) is 39.9 Å². The predicted octanol–water partition coefficient (Wildman–Crippen LogP) is 4.74. The monoisotopic (exact) mass is 541 g/mol. The number of benzene rings is 2. The van der Waals surface area contributed by atoms with Gasteiger partial charge in [0.15, 0.2) is 15.0 Å². The van der Waals surface area contributed by atoms with E-state index < -0.39 is 15.7 Å². The van der Waals surface area contributed by atoms with Gasteiger partial charge in [-0.2, -0.15) is 0 Å². The molecule has 0 aliphatic carbocycles. The maximum atomic E-state index is 13.1. The van der Waals surface area contributed by atoms with Crippen LogP contribution in [0.3, 0.4) is 0 Å². The largest absolute Gasteiger partial charge is 0.302 e. The number of carbonyl (C=O) groups is 1. The van der Waals surface area contributed by atoms with Crippen molar-refractivity contribution >= 4 is 58.4 Å². The van der Waals surface area contributed by atoms with Gasteiger partial charge < -0.3 is 4.90 Å². The number of fused-ring (bicyclic) bond motifs is 1. The van der Waals surface area contributed by atoms with Crippen LogP contribution in [0.5, 0.6) is 0 Å². The third-order valence-corrected chi connectivity index (χ3v) is 8.43. The van der Waals surface area contributed by atoms with E-state index in [1.165, 1.54) is 23.5 Å². The summed E-state index contributed by atoms with van der Waals surface area (Å²) >= 11 is 4.85. The van der Waals surface area contributed by atoms with Crippen LogP contribution in [0, 0.1) is 5.82 Å². The Bertz CT molecular complexity index is 1180. The molecular weight excluding hydrogens is 517 g/mol. The molecule has 0 fully saturated rings. The lowest BCUT2D eigenvalue weighted by molar-refractivity contribution is -0.118. The van der Waals surface area contributed by atoms with E-state index in [0.29, 0.717) is 18.2 Å². The van der Waals surface area contributed by atoms with Crippen LogP contribution in [-0.2, 0) is 14.6 Å². The minimum Gasteiger partial charge on any atom is -0.302 e. The molecule has 2 aromatic carbocycles. The first kappa shape index (κ1) is 24.8. The molecule has 0 aliphatic heterocycles. The normalized spacial score (nSPS) is 11.9. The van der Waals surface area contributed by atoms with E-state index in [9.17, 15) is 17.6 Å². The Kier molecular flexibility index (Phi) is 8.37. The molecule has 0 spiro atoms. The van der Waals surface area contributed by atoms with Gasteiger partial charge in [-0.25, -0.2) is 17.8 Å². The fraction of sp³-hybridized carbons (Fsp3) is 0.364. The second-order valence-corrected chi connectivity index (χ2v) is 11.2.